The van der Waals surface area contributed by atoms with Gasteiger partial charge < -0.3 is 4.74 Å². The van der Waals surface area contributed by atoms with E-state index in [1.807, 2.05) is 48.5 Å². The Morgan fingerprint density at radius 3 is 2.00 bits per heavy atom. The first-order valence-electron chi connectivity index (χ1n) is 8.71. The van der Waals surface area contributed by atoms with Gasteiger partial charge in [-0.3, -0.25) is 0 Å². The maximum absolute atomic E-state index is 13.0. The molecular weight excluding hydrogens is 379 g/mol. The van der Waals surface area contributed by atoms with Crippen molar-refractivity contribution >= 4 is 0 Å². The van der Waals surface area contributed by atoms with E-state index in [1.54, 1.807) is 12.1 Å². The minimum Gasteiger partial charge on any atom is -0.437 e. The second-order valence-electron chi connectivity index (χ2n) is 6.15. The molecule has 0 fully saturated rings. The SMILES string of the molecule is FC(F)(F)c1cccc(Oc2nc(-c3ccccc3)nnc2-c2ccccc2)c1. The third kappa shape index (κ3) is 4.24. The molecule has 0 unspecified atom stereocenters. The molecule has 1 heterocycles. The van der Waals surface area contributed by atoms with Crippen molar-refractivity contribution in [1.82, 2.24) is 15.2 Å². The van der Waals surface area contributed by atoms with Crippen molar-refractivity contribution in [3.05, 3.63) is 90.5 Å². The summed E-state index contributed by atoms with van der Waals surface area (Å²) in [5.41, 5.74) is 0.937. The van der Waals surface area contributed by atoms with E-state index in [0.29, 0.717) is 22.6 Å². The predicted molar refractivity (Wildman–Crippen MR) is 102 cm³/mol. The molecule has 0 atom stereocenters. The molecule has 7 heteroatoms. The fourth-order valence-corrected chi connectivity index (χ4v) is 2.72. The zero-order valence-electron chi connectivity index (χ0n) is 15.0. The van der Waals surface area contributed by atoms with Crippen molar-refractivity contribution in [2.24, 2.45) is 0 Å². The molecule has 4 rings (SSSR count). The lowest BCUT2D eigenvalue weighted by atomic mass is 10.1. The van der Waals surface area contributed by atoms with Crippen LogP contribution < -0.4 is 4.74 Å². The molecule has 29 heavy (non-hydrogen) atoms. The lowest BCUT2D eigenvalue weighted by molar-refractivity contribution is -0.137. The molecule has 0 saturated carbocycles. The number of hydrogen-bond acceptors (Lipinski definition) is 4. The largest absolute Gasteiger partial charge is 0.437 e. The molecule has 0 bridgehead atoms. The highest BCUT2D eigenvalue weighted by molar-refractivity contribution is 5.66. The van der Waals surface area contributed by atoms with Crippen molar-refractivity contribution in [1.29, 1.82) is 0 Å². The van der Waals surface area contributed by atoms with E-state index in [2.05, 4.69) is 15.2 Å². The number of halogens is 3. The molecule has 3 aromatic carbocycles. The Balaban J connectivity index is 1.79. The normalized spacial score (nSPS) is 11.3. The van der Waals surface area contributed by atoms with E-state index in [4.69, 9.17) is 4.74 Å². The van der Waals surface area contributed by atoms with Crippen molar-refractivity contribution in [3.63, 3.8) is 0 Å². The van der Waals surface area contributed by atoms with Crippen molar-refractivity contribution in [3.8, 4) is 34.3 Å². The zero-order chi connectivity index (χ0) is 20.3. The maximum atomic E-state index is 13.0. The van der Waals surface area contributed by atoms with E-state index >= 15 is 0 Å². The van der Waals surface area contributed by atoms with Crippen LogP contribution in [0.1, 0.15) is 5.56 Å². The van der Waals surface area contributed by atoms with Crippen molar-refractivity contribution in [2.45, 2.75) is 6.18 Å². The number of aromatic nitrogens is 3. The lowest BCUT2D eigenvalue weighted by Crippen LogP contribution is -2.05. The molecule has 0 aliphatic rings. The van der Waals surface area contributed by atoms with Gasteiger partial charge in [-0.2, -0.15) is 18.2 Å². The summed E-state index contributed by atoms with van der Waals surface area (Å²) < 4.78 is 44.9. The summed E-state index contributed by atoms with van der Waals surface area (Å²) in [4.78, 5) is 4.43. The highest BCUT2D eigenvalue weighted by Crippen LogP contribution is 2.35. The van der Waals surface area contributed by atoms with E-state index < -0.39 is 11.7 Å². The highest BCUT2D eigenvalue weighted by Gasteiger charge is 2.30. The summed E-state index contributed by atoms with van der Waals surface area (Å²) >= 11 is 0. The number of hydrogen-bond donors (Lipinski definition) is 0. The molecule has 0 spiro atoms. The van der Waals surface area contributed by atoms with E-state index in [9.17, 15) is 13.2 Å². The average molecular weight is 393 g/mol. The van der Waals surface area contributed by atoms with Gasteiger partial charge in [-0.25, -0.2) is 0 Å². The average Bonchev–Trinajstić information content (AvgIpc) is 2.75. The molecule has 0 aliphatic heterocycles. The molecule has 4 aromatic rings. The standard InChI is InChI=1S/C22H14F3N3O/c23-22(24,25)17-12-7-13-18(14-17)29-21-19(15-8-3-1-4-9-15)27-28-20(26-21)16-10-5-2-6-11-16/h1-14H. The Bertz CT molecular complexity index is 1120. The second-order valence-corrected chi connectivity index (χ2v) is 6.15. The summed E-state index contributed by atoms with van der Waals surface area (Å²) in [6, 6.07) is 22.9. The van der Waals surface area contributed by atoms with Gasteiger partial charge in [0.15, 0.2) is 11.5 Å². The molecule has 0 aliphatic carbocycles. The summed E-state index contributed by atoms with van der Waals surface area (Å²) in [5.74, 6) is 0.396. The van der Waals surface area contributed by atoms with Gasteiger partial charge in [0, 0.05) is 11.1 Å². The van der Waals surface area contributed by atoms with Gasteiger partial charge >= 0.3 is 6.18 Å². The molecule has 0 radical (unpaired) electrons. The number of alkyl halides is 3. The zero-order valence-corrected chi connectivity index (χ0v) is 15.0. The number of rotatable bonds is 4. The Hall–Kier alpha value is -3.74. The van der Waals surface area contributed by atoms with Crippen LogP contribution in [-0.4, -0.2) is 15.2 Å². The fraction of sp³-hybridized carbons (Fsp3) is 0.0455. The van der Waals surface area contributed by atoms with Crippen LogP contribution in [-0.2, 0) is 6.18 Å². The van der Waals surface area contributed by atoms with E-state index in [-0.39, 0.29) is 11.6 Å². The summed E-state index contributed by atoms with van der Waals surface area (Å²) in [6.45, 7) is 0. The third-order valence-corrected chi connectivity index (χ3v) is 4.11. The molecule has 1 aromatic heterocycles. The smallest absolute Gasteiger partial charge is 0.416 e. The topological polar surface area (TPSA) is 47.9 Å². The Morgan fingerprint density at radius 1 is 0.690 bits per heavy atom. The lowest BCUT2D eigenvalue weighted by Gasteiger charge is -2.12. The van der Waals surface area contributed by atoms with Gasteiger partial charge in [0.2, 0.25) is 5.88 Å². The highest BCUT2D eigenvalue weighted by atomic mass is 19.4. The summed E-state index contributed by atoms with van der Waals surface area (Å²) in [6.07, 6.45) is -4.47. The van der Waals surface area contributed by atoms with Crippen LogP contribution in [0.15, 0.2) is 84.9 Å². The van der Waals surface area contributed by atoms with Crippen LogP contribution in [0.2, 0.25) is 0 Å². The molecule has 0 saturated heterocycles. The van der Waals surface area contributed by atoms with Gasteiger partial charge in [-0.05, 0) is 18.2 Å². The van der Waals surface area contributed by atoms with Gasteiger partial charge in [0.05, 0.1) is 5.56 Å². The van der Waals surface area contributed by atoms with Crippen LogP contribution in [0, 0.1) is 0 Å². The Labute approximate surface area is 164 Å². The summed E-state index contributed by atoms with van der Waals surface area (Å²) in [7, 11) is 0. The molecule has 0 N–H and O–H groups in total. The number of benzene rings is 3. The number of ether oxygens (including phenoxy) is 1. The first-order chi connectivity index (χ1) is 14.0. The minimum atomic E-state index is -4.47. The molecule has 4 nitrogen and oxygen atoms in total. The number of nitrogens with zero attached hydrogens (tertiary/aromatic N) is 3. The Morgan fingerprint density at radius 2 is 1.34 bits per heavy atom. The fourth-order valence-electron chi connectivity index (χ4n) is 2.72. The maximum Gasteiger partial charge on any atom is 0.416 e. The Kier molecular flexibility index (Phi) is 4.95. The van der Waals surface area contributed by atoms with Crippen LogP contribution in [0.5, 0.6) is 11.6 Å². The van der Waals surface area contributed by atoms with Gasteiger partial charge in [-0.1, -0.05) is 66.7 Å². The first kappa shape index (κ1) is 18.6. The first-order valence-corrected chi connectivity index (χ1v) is 8.71. The minimum absolute atomic E-state index is 0.0107. The van der Waals surface area contributed by atoms with Crippen LogP contribution in [0.25, 0.3) is 22.6 Å². The van der Waals surface area contributed by atoms with E-state index in [0.717, 1.165) is 12.1 Å². The van der Waals surface area contributed by atoms with Gasteiger partial charge in [0.25, 0.3) is 0 Å². The van der Waals surface area contributed by atoms with Crippen molar-refractivity contribution in [2.75, 3.05) is 0 Å². The second kappa shape index (κ2) is 7.71. The molecular formula is C22H14F3N3O. The predicted octanol–water partition coefficient (Wildman–Crippen LogP) is 6.02. The quantitative estimate of drug-likeness (QED) is 0.426. The van der Waals surface area contributed by atoms with Gasteiger partial charge in [0.1, 0.15) is 5.75 Å². The van der Waals surface area contributed by atoms with E-state index in [1.165, 1.54) is 12.1 Å². The molecule has 144 valence electrons. The van der Waals surface area contributed by atoms with Crippen LogP contribution in [0.3, 0.4) is 0 Å². The van der Waals surface area contributed by atoms with Gasteiger partial charge in [-0.15, -0.1) is 10.2 Å². The molecule has 0 amide bonds. The van der Waals surface area contributed by atoms with Crippen molar-refractivity contribution < 1.29 is 17.9 Å². The van der Waals surface area contributed by atoms with Crippen LogP contribution >= 0.6 is 0 Å². The third-order valence-electron chi connectivity index (χ3n) is 4.11. The van der Waals surface area contributed by atoms with Crippen LogP contribution in [0.4, 0.5) is 13.2 Å². The monoisotopic (exact) mass is 393 g/mol. The summed E-state index contributed by atoms with van der Waals surface area (Å²) in [5, 5.41) is 8.40.